The minimum atomic E-state index is -0.122. The average Bonchev–Trinajstić information content (AvgIpc) is 3.05. The zero-order chi connectivity index (χ0) is 13.7. The smallest absolute Gasteiger partial charge is 0.319 e. The van der Waals surface area contributed by atoms with Gasteiger partial charge in [-0.25, -0.2) is 4.79 Å². The summed E-state index contributed by atoms with van der Waals surface area (Å²) in [4.78, 5) is 11.9. The minimum Gasteiger partial charge on any atom is -0.369 e. The van der Waals surface area contributed by atoms with Crippen LogP contribution in [0.3, 0.4) is 0 Å². The lowest BCUT2D eigenvalue weighted by atomic mass is 9.89. The maximum Gasteiger partial charge on any atom is 0.319 e. The number of urea groups is 1. The molecule has 106 valence electrons. The molecule has 5 atom stereocenters. The predicted octanol–water partition coefficient (Wildman–Crippen LogP) is 2.99. The lowest BCUT2D eigenvalue weighted by molar-refractivity contribution is 0.238. The van der Waals surface area contributed by atoms with Crippen molar-refractivity contribution in [1.29, 1.82) is 0 Å². The zero-order valence-electron chi connectivity index (χ0n) is 11.0. The molecule has 2 N–H and O–H groups in total. The van der Waals surface area contributed by atoms with Crippen LogP contribution >= 0.6 is 15.9 Å². The van der Waals surface area contributed by atoms with E-state index in [1.165, 1.54) is 12.8 Å². The van der Waals surface area contributed by atoms with Crippen LogP contribution in [0.4, 0.5) is 10.5 Å². The summed E-state index contributed by atoms with van der Waals surface area (Å²) in [6.45, 7) is 0.760. The van der Waals surface area contributed by atoms with E-state index in [2.05, 4.69) is 26.6 Å². The SMILES string of the molecule is O=C(NCC1CC2CC1C1OC21)Nc1ccc(Br)cc1. The standard InChI is InChI=1S/C15H17BrN2O2/c16-10-1-3-11(4-2-10)18-15(19)17-7-9-5-8-6-12(9)14-13(8)20-14/h1-4,8-9,12-14H,5-7H2,(H2,17,18,19). The van der Waals surface area contributed by atoms with E-state index in [0.717, 1.165) is 22.6 Å². The number of hydrogen-bond donors (Lipinski definition) is 2. The highest BCUT2D eigenvalue weighted by molar-refractivity contribution is 9.10. The molecule has 4 nitrogen and oxygen atoms in total. The molecule has 1 aliphatic heterocycles. The zero-order valence-corrected chi connectivity index (χ0v) is 12.6. The second-order valence-corrected chi connectivity index (χ2v) is 6.98. The molecule has 2 saturated carbocycles. The molecule has 1 heterocycles. The van der Waals surface area contributed by atoms with Gasteiger partial charge in [-0.1, -0.05) is 15.9 Å². The Balaban J connectivity index is 1.27. The predicted molar refractivity (Wildman–Crippen MR) is 79.5 cm³/mol. The van der Waals surface area contributed by atoms with E-state index in [9.17, 15) is 4.79 Å². The van der Waals surface area contributed by atoms with Gasteiger partial charge in [0.05, 0.1) is 12.2 Å². The maximum absolute atomic E-state index is 11.9. The third-order valence-electron chi connectivity index (χ3n) is 4.86. The van der Waals surface area contributed by atoms with Crippen LogP contribution in [-0.2, 0) is 4.74 Å². The van der Waals surface area contributed by atoms with Crippen molar-refractivity contribution >= 4 is 27.6 Å². The lowest BCUT2D eigenvalue weighted by Crippen LogP contribution is -2.35. The fraction of sp³-hybridized carbons (Fsp3) is 0.533. The van der Waals surface area contributed by atoms with Gasteiger partial charge in [-0.05, 0) is 54.9 Å². The summed E-state index contributed by atoms with van der Waals surface area (Å²) in [5, 5.41) is 5.85. The summed E-state index contributed by atoms with van der Waals surface area (Å²) in [5.41, 5.74) is 0.809. The summed E-state index contributed by atoms with van der Waals surface area (Å²) in [6.07, 6.45) is 3.59. The van der Waals surface area contributed by atoms with Gasteiger partial charge in [0.2, 0.25) is 0 Å². The van der Waals surface area contributed by atoms with E-state index in [-0.39, 0.29) is 6.03 Å². The van der Waals surface area contributed by atoms with Crippen LogP contribution in [0, 0.1) is 17.8 Å². The Bertz CT molecular complexity index is 533. The Kier molecular flexibility index (Phi) is 3.00. The van der Waals surface area contributed by atoms with Crippen molar-refractivity contribution in [2.45, 2.75) is 25.0 Å². The van der Waals surface area contributed by atoms with Crippen LogP contribution < -0.4 is 10.6 Å². The van der Waals surface area contributed by atoms with Gasteiger partial charge in [0.15, 0.2) is 0 Å². The van der Waals surface area contributed by atoms with Gasteiger partial charge in [0.1, 0.15) is 0 Å². The Labute approximate surface area is 126 Å². The Morgan fingerprint density at radius 2 is 2.05 bits per heavy atom. The molecule has 3 fully saturated rings. The number of epoxide rings is 1. The van der Waals surface area contributed by atoms with Gasteiger partial charge in [-0.15, -0.1) is 0 Å². The molecule has 0 spiro atoms. The number of carbonyl (C=O) groups excluding carboxylic acids is 1. The third kappa shape index (κ3) is 2.23. The summed E-state index contributed by atoms with van der Waals surface area (Å²) in [5.74, 6) is 2.03. The molecule has 2 amide bonds. The minimum absolute atomic E-state index is 0.122. The van der Waals surface area contributed by atoms with Crippen molar-refractivity contribution in [3.05, 3.63) is 28.7 Å². The highest BCUT2D eigenvalue weighted by Gasteiger charge is 2.62. The van der Waals surface area contributed by atoms with Crippen LogP contribution in [0.25, 0.3) is 0 Å². The number of rotatable bonds is 3. The van der Waals surface area contributed by atoms with Crippen LogP contribution in [-0.4, -0.2) is 24.8 Å². The van der Waals surface area contributed by atoms with E-state index in [1.54, 1.807) is 0 Å². The van der Waals surface area contributed by atoms with Crippen LogP contribution in [0.5, 0.6) is 0 Å². The fourth-order valence-corrected chi connectivity index (χ4v) is 4.16. The van der Waals surface area contributed by atoms with Crippen molar-refractivity contribution < 1.29 is 9.53 Å². The van der Waals surface area contributed by atoms with Crippen LogP contribution in [0.1, 0.15) is 12.8 Å². The van der Waals surface area contributed by atoms with E-state index in [1.807, 2.05) is 24.3 Å². The van der Waals surface area contributed by atoms with Gasteiger partial charge in [0.25, 0.3) is 0 Å². The quantitative estimate of drug-likeness (QED) is 0.833. The molecule has 2 aliphatic carbocycles. The molecule has 1 aromatic rings. The molecule has 20 heavy (non-hydrogen) atoms. The monoisotopic (exact) mass is 336 g/mol. The number of nitrogens with one attached hydrogen (secondary N) is 2. The molecule has 4 rings (SSSR count). The lowest BCUT2D eigenvalue weighted by Gasteiger charge is -2.19. The first-order valence-corrected chi connectivity index (χ1v) is 7.96. The van der Waals surface area contributed by atoms with Crippen molar-refractivity contribution in [2.75, 3.05) is 11.9 Å². The normalized spacial score (nSPS) is 36.5. The molecule has 0 aromatic heterocycles. The van der Waals surface area contributed by atoms with Crippen LogP contribution in [0.2, 0.25) is 0 Å². The number of fused-ring (bicyclic) bond motifs is 5. The van der Waals surface area contributed by atoms with Crippen molar-refractivity contribution in [1.82, 2.24) is 5.32 Å². The highest BCUT2D eigenvalue weighted by atomic mass is 79.9. The van der Waals surface area contributed by atoms with Crippen molar-refractivity contribution in [2.24, 2.45) is 17.8 Å². The molecular formula is C15H17BrN2O2. The number of ether oxygens (including phenoxy) is 1. The summed E-state index contributed by atoms with van der Waals surface area (Å²) in [6, 6.07) is 7.46. The molecule has 5 unspecified atom stereocenters. The second-order valence-electron chi connectivity index (χ2n) is 6.06. The molecule has 2 bridgehead atoms. The first kappa shape index (κ1) is 12.7. The molecule has 1 saturated heterocycles. The first-order valence-electron chi connectivity index (χ1n) is 7.16. The second kappa shape index (κ2) is 4.74. The van der Waals surface area contributed by atoms with E-state index in [4.69, 9.17) is 4.74 Å². The summed E-state index contributed by atoms with van der Waals surface area (Å²) in [7, 11) is 0. The van der Waals surface area contributed by atoms with Gasteiger partial charge >= 0.3 is 6.03 Å². The summed E-state index contributed by atoms with van der Waals surface area (Å²) < 4.78 is 6.66. The Hall–Kier alpha value is -1.07. The van der Waals surface area contributed by atoms with Gasteiger partial charge in [-0.3, -0.25) is 0 Å². The van der Waals surface area contributed by atoms with Gasteiger partial charge in [0, 0.05) is 16.7 Å². The number of carbonyl (C=O) groups is 1. The molecule has 3 aliphatic rings. The van der Waals surface area contributed by atoms with Gasteiger partial charge < -0.3 is 15.4 Å². The van der Waals surface area contributed by atoms with Crippen molar-refractivity contribution in [3.8, 4) is 0 Å². The third-order valence-corrected chi connectivity index (χ3v) is 5.39. The maximum atomic E-state index is 11.9. The number of hydrogen-bond acceptors (Lipinski definition) is 2. The van der Waals surface area contributed by atoms with Gasteiger partial charge in [-0.2, -0.15) is 0 Å². The topological polar surface area (TPSA) is 53.7 Å². The van der Waals surface area contributed by atoms with E-state index in [0.29, 0.717) is 24.0 Å². The van der Waals surface area contributed by atoms with E-state index >= 15 is 0 Å². The van der Waals surface area contributed by atoms with Crippen LogP contribution in [0.15, 0.2) is 28.7 Å². The Morgan fingerprint density at radius 3 is 2.75 bits per heavy atom. The number of halogens is 1. The molecule has 1 aromatic carbocycles. The molecule has 5 heteroatoms. The number of benzene rings is 1. The largest absolute Gasteiger partial charge is 0.369 e. The fourth-order valence-electron chi connectivity index (χ4n) is 3.90. The summed E-state index contributed by atoms with van der Waals surface area (Å²) >= 11 is 3.38. The Morgan fingerprint density at radius 1 is 1.25 bits per heavy atom. The number of anilines is 1. The highest BCUT2D eigenvalue weighted by Crippen LogP contribution is 2.58. The van der Waals surface area contributed by atoms with E-state index < -0.39 is 0 Å². The van der Waals surface area contributed by atoms with Crippen molar-refractivity contribution in [3.63, 3.8) is 0 Å². The first-order chi connectivity index (χ1) is 9.70. The average molecular weight is 337 g/mol. The molecule has 0 radical (unpaired) electrons. The molecular weight excluding hydrogens is 320 g/mol. The number of amides is 2.